The molecule has 3 amide bonds. The third-order valence-electron chi connectivity index (χ3n) is 3.89. The second-order valence-corrected chi connectivity index (χ2v) is 5.24. The first kappa shape index (κ1) is 13.7. The third-order valence-corrected chi connectivity index (χ3v) is 3.89. The summed E-state index contributed by atoms with van der Waals surface area (Å²) in [4.78, 5) is 36.4. The van der Waals surface area contributed by atoms with Crippen molar-refractivity contribution in [3.8, 4) is 0 Å². The van der Waals surface area contributed by atoms with Crippen molar-refractivity contribution in [2.75, 3.05) is 0 Å². The van der Waals surface area contributed by atoms with E-state index in [9.17, 15) is 23.2 Å². The van der Waals surface area contributed by atoms with Gasteiger partial charge in [-0.15, -0.1) is 0 Å². The van der Waals surface area contributed by atoms with Crippen molar-refractivity contribution in [3.05, 3.63) is 34.4 Å². The number of amides is 3. The molecule has 21 heavy (non-hydrogen) atoms. The Kier molecular flexibility index (Phi) is 3.00. The van der Waals surface area contributed by atoms with Crippen LogP contribution in [-0.2, 0) is 16.1 Å². The lowest BCUT2D eigenvalue weighted by Crippen LogP contribution is -2.52. The van der Waals surface area contributed by atoms with E-state index in [0.29, 0.717) is 0 Å². The second-order valence-electron chi connectivity index (χ2n) is 5.24. The van der Waals surface area contributed by atoms with Crippen LogP contribution in [0.1, 0.15) is 34.3 Å². The monoisotopic (exact) mass is 294 g/mol. The molecule has 0 saturated carbocycles. The van der Waals surface area contributed by atoms with Crippen molar-refractivity contribution >= 4 is 17.7 Å². The van der Waals surface area contributed by atoms with E-state index in [4.69, 9.17) is 0 Å². The Hall–Kier alpha value is -2.31. The molecule has 0 bridgehead atoms. The molecular formula is C14H12F2N2O3. The molecule has 2 aliphatic rings. The van der Waals surface area contributed by atoms with Crippen LogP contribution in [0.5, 0.6) is 0 Å². The number of carbonyl (C=O) groups is 3. The van der Waals surface area contributed by atoms with Gasteiger partial charge < -0.3 is 4.90 Å². The quantitative estimate of drug-likeness (QED) is 0.787. The summed E-state index contributed by atoms with van der Waals surface area (Å²) in [5.74, 6) is -3.14. The van der Waals surface area contributed by atoms with Gasteiger partial charge in [-0.1, -0.05) is 0 Å². The lowest BCUT2D eigenvalue weighted by Gasteiger charge is -2.29. The van der Waals surface area contributed by atoms with Gasteiger partial charge in [0.05, 0.1) is 12.1 Å². The highest BCUT2D eigenvalue weighted by Crippen LogP contribution is 2.32. The molecule has 0 aliphatic carbocycles. The number of fused-ring (bicyclic) bond motifs is 1. The minimum atomic E-state index is -0.873. The molecule has 1 atom stereocenters. The number of nitrogens with one attached hydrogen (secondary N) is 1. The van der Waals surface area contributed by atoms with E-state index in [1.807, 2.05) is 0 Å². The van der Waals surface area contributed by atoms with Gasteiger partial charge in [-0.25, -0.2) is 8.78 Å². The molecule has 0 radical (unpaired) electrons. The number of rotatable bonds is 1. The van der Waals surface area contributed by atoms with Gasteiger partial charge in [0, 0.05) is 12.0 Å². The van der Waals surface area contributed by atoms with Gasteiger partial charge in [-0.05, 0) is 25.0 Å². The summed E-state index contributed by atoms with van der Waals surface area (Å²) < 4.78 is 28.0. The van der Waals surface area contributed by atoms with E-state index in [1.54, 1.807) is 0 Å². The topological polar surface area (TPSA) is 66.5 Å². The first-order valence-corrected chi connectivity index (χ1v) is 6.52. The van der Waals surface area contributed by atoms with E-state index >= 15 is 0 Å². The van der Waals surface area contributed by atoms with Gasteiger partial charge in [0.1, 0.15) is 17.7 Å². The van der Waals surface area contributed by atoms with Crippen LogP contribution in [0.4, 0.5) is 8.78 Å². The van der Waals surface area contributed by atoms with Gasteiger partial charge in [0.2, 0.25) is 11.8 Å². The van der Waals surface area contributed by atoms with Crippen LogP contribution in [-0.4, -0.2) is 28.7 Å². The largest absolute Gasteiger partial charge is 0.322 e. The van der Waals surface area contributed by atoms with Crippen LogP contribution in [0, 0.1) is 18.6 Å². The van der Waals surface area contributed by atoms with Gasteiger partial charge in [-0.3, -0.25) is 19.7 Å². The molecule has 7 heteroatoms. The van der Waals surface area contributed by atoms with Crippen LogP contribution in [0.15, 0.2) is 6.07 Å². The molecule has 1 saturated heterocycles. The van der Waals surface area contributed by atoms with Crippen LogP contribution >= 0.6 is 0 Å². The Morgan fingerprint density at radius 1 is 1.29 bits per heavy atom. The molecule has 3 rings (SSSR count). The van der Waals surface area contributed by atoms with Crippen molar-refractivity contribution in [2.45, 2.75) is 32.4 Å². The number of carbonyl (C=O) groups excluding carboxylic acids is 3. The van der Waals surface area contributed by atoms with Crippen LogP contribution in [0.3, 0.4) is 0 Å². The fourth-order valence-corrected chi connectivity index (χ4v) is 2.78. The Labute approximate surface area is 118 Å². The van der Waals surface area contributed by atoms with Gasteiger partial charge in [0.25, 0.3) is 5.91 Å². The molecule has 0 aromatic heterocycles. The molecule has 0 spiro atoms. The second kappa shape index (κ2) is 4.61. The summed E-state index contributed by atoms with van der Waals surface area (Å²) in [5.41, 5.74) is -0.297. The molecule has 1 unspecified atom stereocenters. The van der Waals surface area contributed by atoms with E-state index in [0.717, 1.165) is 11.0 Å². The van der Waals surface area contributed by atoms with Crippen LogP contribution in [0.2, 0.25) is 0 Å². The van der Waals surface area contributed by atoms with E-state index in [-0.39, 0.29) is 36.1 Å². The maximum absolute atomic E-state index is 14.1. The lowest BCUT2D eigenvalue weighted by atomic mass is 10.0. The molecule has 1 aromatic carbocycles. The number of hydrogen-bond acceptors (Lipinski definition) is 3. The van der Waals surface area contributed by atoms with E-state index in [1.165, 1.54) is 6.92 Å². The number of imide groups is 1. The normalized spacial score (nSPS) is 21.6. The predicted octanol–water partition coefficient (Wildman–Crippen LogP) is 1.03. The zero-order chi connectivity index (χ0) is 15.3. The minimum Gasteiger partial charge on any atom is -0.322 e. The van der Waals surface area contributed by atoms with Gasteiger partial charge in [-0.2, -0.15) is 0 Å². The minimum absolute atomic E-state index is 0.0344. The lowest BCUT2D eigenvalue weighted by molar-refractivity contribution is -0.136. The molecule has 110 valence electrons. The summed E-state index contributed by atoms with van der Waals surface area (Å²) in [7, 11) is 0. The average molecular weight is 294 g/mol. The Morgan fingerprint density at radius 3 is 2.67 bits per heavy atom. The van der Waals surface area contributed by atoms with Crippen molar-refractivity contribution < 1.29 is 23.2 Å². The highest BCUT2D eigenvalue weighted by molar-refractivity contribution is 6.05. The van der Waals surface area contributed by atoms with Crippen molar-refractivity contribution in [3.63, 3.8) is 0 Å². The first-order valence-electron chi connectivity index (χ1n) is 6.52. The summed E-state index contributed by atoms with van der Waals surface area (Å²) in [6.45, 7) is 1.21. The number of halogens is 2. The number of piperidine rings is 1. The average Bonchev–Trinajstić information content (AvgIpc) is 2.75. The smallest absolute Gasteiger partial charge is 0.258 e. The highest BCUT2D eigenvalue weighted by atomic mass is 19.1. The standard InChI is InChI=1S/C14H12F2N2O3/c1-6-4-8(15)7-5-18(14(21)11(7)12(6)16)9-2-3-10(19)17-13(9)20/h4,9H,2-3,5H2,1H3,(H,17,19,20). The molecule has 5 nitrogen and oxygen atoms in total. The number of hydrogen-bond donors (Lipinski definition) is 1. The van der Waals surface area contributed by atoms with E-state index in [2.05, 4.69) is 5.32 Å². The SMILES string of the molecule is Cc1cc(F)c2c(c1F)C(=O)N(C1CCC(=O)NC1=O)C2. The van der Waals surface area contributed by atoms with Gasteiger partial charge >= 0.3 is 0 Å². The third kappa shape index (κ3) is 2.00. The van der Waals surface area contributed by atoms with Crippen LogP contribution < -0.4 is 5.32 Å². The summed E-state index contributed by atoms with van der Waals surface area (Å²) in [6.07, 6.45) is 0.257. The van der Waals surface area contributed by atoms with Crippen LogP contribution in [0.25, 0.3) is 0 Å². The number of nitrogens with zero attached hydrogens (tertiary/aromatic N) is 1. The molecule has 1 fully saturated rings. The summed E-state index contributed by atoms with van der Waals surface area (Å²) in [5, 5.41) is 2.13. The predicted molar refractivity (Wildman–Crippen MR) is 67.1 cm³/mol. The number of aryl methyl sites for hydroxylation is 1. The first-order chi connectivity index (χ1) is 9.90. The summed E-state index contributed by atoms with van der Waals surface area (Å²) in [6, 6.07) is 0.164. The number of benzene rings is 1. The molecule has 1 aromatic rings. The molecule has 1 N–H and O–H groups in total. The maximum Gasteiger partial charge on any atom is 0.258 e. The Morgan fingerprint density at radius 2 is 2.00 bits per heavy atom. The Balaban J connectivity index is 1.98. The fourth-order valence-electron chi connectivity index (χ4n) is 2.78. The van der Waals surface area contributed by atoms with Gasteiger partial charge in [0.15, 0.2) is 0 Å². The van der Waals surface area contributed by atoms with Crippen molar-refractivity contribution in [1.82, 2.24) is 10.2 Å². The zero-order valence-corrected chi connectivity index (χ0v) is 11.2. The molecule has 2 aliphatic heterocycles. The zero-order valence-electron chi connectivity index (χ0n) is 11.2. The Bertz CT molecular complexity index is 687. The fraction of sp³-hybridized carbons (Fsp3) is 0.357. The maximum atomic E-state index is 14.1. The highest BCUT2D eigenvalue weighted by Gasteiger charge is 2.41. The van der Waals surface area contributed by atoms with Crippen molar-refractivity contribution in [1.29, 1.82) is 0 Å². The molecular weight excluding hydrogens is 282 g/mol. The summed E-state index contributed by atoms with van der Waals surface area (Å²) >= 11 is 0. The molecule has 2 heterocycles. The van der Waals surface area contributed by atoms with Crippen molar-refractivity contribution in [2.24, 2.45) is 0 Å². The van der Waals surface area contributed by atoms with E-state index < -0.39 is 35.4 Å².